The SMILES string of the molecule is COC1CC(NC(=O)C(F)(F)F)C(OC(C)=O)C(CNC(=O)C(F)(F)F)O1. The van der Waals surface area contributed by atoms with Gasteiger partial charge in [0, 0.05) is 27.0 Å². The van der Waals surface area contributed by atoms with Crippen LogP contribution in [0, 0.1) is 0 Å². The van der Waals surface area contributed by atoms with Crippen LogP contribution in [0.2, 0.25) is 0 Å². The average molecular weight is 410 g/mol. The molecule has 2 N–H and O–H groups in total. The second kappa shape index (κ2) is 8.73. The summed E-state index contributed by atoms with van der Waals surface area (Å²) in [6.45, 7) is 0.0327. The van der Waals surface area contributed by atoms with Crippen molar-refractivity contribution >= 4 is 17.8 Å². The van der Waals surface area contributed by atoms with E-state index in [0.717, 1.165) is 14.0 Å². The van der Waals surface area contributed by atoms with E-state index in [1.54, 1.807) is 5.32 Å². The van der Waals surface area contributed by atoms with Crippen molar-refractivity contribution in [1.29, 1.82) is 0 Å². The van der Waals surface area contributed by atoms with Crippen LogP contribution in [0.3, 0.4) is 0 Å². The first-order valence-electron chi connectivity index (χ1n) is 7.34. The molecule has 1 aliphatic rings. The molecule has 0 saturated carbocycles. The zero-order chi connectivity index (χ0) is 21.0. The maximum absolute atomic E-state index is 12.5. The van der Waals surface area contributed by atoms with Crippen LogP contribution in [-0.2, 0) is 28.6 Å². The summed E-state index contributed by atoms with van der Waals surface area (Å²) in [6, 6.07) is -1.49. The van der Waals surface area contributed by atoms with Crippen LogP contribution in [-0.4, -0.2) is 68.3 Å². The van der Waals surface area contributed by atoms with Crippen molar-refractivity contribution in [1.82, 2.24) is 10.6 Å². The number of nitrogens with one attached hydrogen (secondary N) is 2. The fourth-order valence-corrected chi connectivity index (χ4v) is 2.28. The highest BCUT2D eigenvalue weighted by atomic mass is 19.4. The molecule has 0 bridgehead atoms. The standard InChI is InChI=1S/C13H16F6N2O6/c1-5(22)26-9-6(21-11(24)13(17,18)19)3-8(25-2)27-7(9)4-20-10(23)12(14,15)16/h6-9H,3-4H2,1-2H3,(H,20,23)(H,21,24). The second-order valence-electron chi connectivity index (χ2n) is 5.44. The molecular formula is C13H16F6N2O6. The van der Waals surface area contributed by atoms with Gasteiger partial charge in [-0.2, -0.15) is 26.3 Å². The molecule has 1 saturated heterocycles. The van der Waals surface area contributed by atoms with Gasteiger partial charge in [-0.3, -0.25) is 14.4 Å². The summed E-state index contributed by atoms with van der Waals surface area (Å²) in [5.41, 5.74) is 0. The van der Waals surface area contributed by atoms with Crippen molar-refractivity contribution in [3.63, 3.8) is 0 Å². The minimum Gasteiger partial charge on any atom is -0.458 e. The predicted octanol–water partition coefficient (Wildman–Crippen LogP) is 0.405. The zero-order valence-corrected chi connectivity index (χ0v) is 13.9. The quantitative estimate of drug-likeness (QED) is 0.503. The van der Waals surface area contributed by atoms with Crippen LogP contribution >= 0.6 is 0 Å². The van der Waals surface area contributed by atoms with Gasteiger partial charge in [-0.15, -0.1) is 0 Å². The summed E-state index contributed by atoms with van der Waals surface area (Å²) in [5.74, 6) is -5.67. The summed E-state index contributed by atoms with van der Waals surface area (Å²) < 4.78 is 89.2. The molecule has 0 aromatic carbocycles. The Hall–Kier alpha value is -2.09. The molecular weight excluding hydrogens is 394 g/mol. The van der Waals surface area contributed by atoms with Gasteiger partial charge in [0.2, 0.25) is 0 Å². The number of rotatable bonds is 5. The van der Waals surface area contributed by atoms with Crippen molar-refractivity contribution in [2.75, 3.05) is 13.7 Å². The Morgan fingerprint density at radius 3 is 2.07 bits per heavy atom. The van der Waals surface area contributed by atoms with E-state index in [1.807, 2.05) is 0 Å². The predicted molar refractivity (Wildman–Crippen MR) is 72.9 cm³/mol. The van der Waals surface area contributed by atoms with Crippen molar-refractivity contribution in [3.05, 3.63) is 0 Å². The number of hydrogen-bond donors (Lipinski definition) is 2. The summed E-state index contributed by atoms with van der Waals surface area (Å²) in [7, 11) is 1.10. The fourth-order valence-electron chi connectivity index (χ4n) is 2.28. The van der Waals surface area contributed by atoms with Crippen LogP contribution in [0.15, 0.2) is 0 Å². The van der Waals surface area contributed by atoms with E-state index in [0.29, 0.717) is 0 Å². The Kier molecular flexibility index (Phi) is 7.42. The maximum Gasteiger partial charge on any atom is 0.471 e. The highest BCUT2D eigenvalue weighted by Gasteiger charge is 2.47. The van der Waals surface area contributed by atoms with E-state index in [2.05, 4.69) is 0 Å². The molecule has 0 spiro atoms. The second-order valence-corrected chi connectivity index (χ2v) is 5.44. The first-order valence-corrected chi connectivity index (χ1v) is 7.34. The topological polar surface area (TPSA) is 103 Å². The van der Waals surface area contributed by atoms with E-state index >= 15 is 0 Å². The molecule has 0 aromatic heterocycles. The lowest BCUT2D eigenvalue weighted by Crippen LogP contribution is -2.61. The lowest BCUT2D eigenvalue weighted by Gasteiger charge is -2.40. The highest BCUT2D eigenvalue weighted by Crippen LogP contribution is 2.25. The largest absolute Gasteiger partial charge is 0.471 e. The first kappa shape index (κ1) is 23.0. The molecule has 2 amide bonds. The number of esters is 1. The highest BCUT2D eigenvalue weighted by molar-refractivity contribution is 5.82. The normalized spacial score (nSPS) is 26.2. The molecule has 1 rings (SSSR count). The van der Waals surface area contributed by atoms with Gasteiger partial charge in [-0.1, -0.05) is 0 Å². The summed E-state index contributed by atoms with van der Waals surface area (Å²) in [6.07, 6.45) is -15.2. The number of amides is 2. The lowest BCUT2D eigenvalue weighted by atomic mass is 9.97. The van der Waals surface area contributed by atoms with Gasteiger partial charge in [0.1, 0.15) is 12.2 Å². The van der Waals surface area contributed by atoms with E-state index in [4.69, 9.17) is 14.2 Å². The molecule has 0 radical (unpaired) electrons. The average Bonchev–Trinajstić information content (AvgIpc) is 2.52. The van der Waals surface area contributed by atoms with Crippen molar-refractivity contribution in [2.24, 2.45) is 0 Å². The molecule has 1 aliphatic heterocycles. The number of ether oxygens (including phenoxy) is 3. The first-order chi connectivity index (χ1) is 12.3. The minimum absolute atomic E-state index is 0.389. The molecule has 1 fully saturated rings. The maximum atomic E-state index is 12.5. The molecule has 4 atom stereocenters. The number of methoxy groups -OCH3 is 1. The van der Waals surface area contributed by atoms with Crippen molar-refractivity contribution in [2.45, 2.75) is 50.2 Å². The van der Waals surface area contributed by atoms with Crippen LogP contribution in [0.5, 0.6) is 0 Å². The third-order valence-electron chi connectivity index (χ3n) is 3.40. The minimum atomic E-state index is -5.25. The molecule has 14 heteroatoms. The van der Waals surface area contributed by atoms with Crippen LogP contribution in [0.25, 0.3) is 0 Å². The Morgan fingerprint density at radius 1 is 1.07 bits per heavy atom. The number of alkyl halides is 6. The Labute approximate surface area is 148 Å². The van der Waals surface area contributed by atoms with E-state index in [-0.39, 0.29) is 6.42 Å². The van der Waals surface area contributed by atoms with Gasteiger partial charge in [-0.25, -0.2) is 0 Å². The molecule has 156 valence electrons. The van der Waals surface area contributed by atoms with Gasteiger partial charge < -0.3 is 24.8 Å². The smallest absolute Gasteiger partial charge is 0.458 e. The number of carbonyl (C=O) groups is 3. The monoisotopic (exact) mass is 410 g/mol. The summed E-state index contributed by atoms with van der Waals surface area (Å²) >= 11 is 0. The van der Waals surface area contributed by atoms with Gasteiger partial charge >= 0.3 is 30.1 Å². The lowest BCUT2D eigenvalue weighted by molar-refractivity contribution is -0.230. The van der Waals surface area contributed by atoms with E-state index < -0.39 is 61.2 Å². The van der Waals surface area contributed by atoms with Crippen LogP contribution < -0.4 is 10.6 Å². The number of halogens is 6. The van der Waals surface area contributed by atoms with Crippen LogP contribution in [0.4, 0.5) is 26.3 Å². The third-order valence-corrected chi connectivity index (χ3v) is 3.40. The molecule has 0 aromatic rings. The van der Waals surface area contributed by atoms with Gasteiger partial charge in [0.15, 0.2) is 6.29 Å². The molecule has 4 unspecified atom stereocenters. The van der Waals surface area contributed by atoms with Gasteiger partial charge in [-0.05, 0) is 0 Å². The Morgan fingerprint density at radius 2 is 1.63 bits per heavy atom. The van der Waals surface area contributed by atoms with Crippen LogP contribution in [0.1, 0.15) is 13.3 Å². The van der Waals surface area contributed by atoms with Crippen molar-refractivity contribution in [3.8, 4) is 0 Å². The summed E-state index contributed by atoms with van der Waals surface area (Å²) in [5, 5.41) is 3.06. The Bertz CT molecular complexity index is 566. The summed E-state index contributed by atoms with van der Waals surface area (Å²) in [4.78, 5) is 33.3. The van der Waals surface area contributed by atoms with Crippen molar-refractivity contribution < 1.29 is 54.9 Å². The molecule has 27 heavy (non-hydrogen) atoms. The van der Waals surface area contributed by atoms with Gasteiger partial charge in [0.25, 0.3) is 0 Å². The molecule has 1 heterocycles. The fraction of sp³-hybridized carbons (Fsp3) is 0.769. The van der Waals surface area contributed by atoms with E-state index in [9.17, 15) is 40.7 Å². The molecule has 8 nitrogen and oxygen atoms in total. The third kappa shape index (κ3) is 6.86. The Balaban J connectivity index is 3.00. The zero-order valence-electron chi connectivity index (χ0n) is 13.9. The number of carbonyl (C=O) groups excluding carboxylic acids is 3. The van der Waals surface area contributed by atoms with E-state index in [1.165, 1.54) is 5.32 Å². The number of hydrogen-bond acceptors (Lipinski definition) is 6. The van der Waals surface area contributed by atoms with Gasteiger partial charge in [0.05, 0.1) is 6.04 Å². The molecule has 0 aliphatic carbocycles.